The Morgan fingerprint density at radius 2 is 1.84 bits per heavy atom. The number of carbonyl (C=O) groups excluding carboxylic acids is 1. The summed E-state index contributed by atoms with van der Waals surface area (Å²) in [6.07, 6.45) is 10.9. The van der Waals surface area contributed by atoms with Crippen molar-refractivity contribution in [2.45, 2.75) is 50.6 Å². The van der Waals surface area contributed by atoms with Crippen LogP contribution in [-0.2, 0) is 4.79 Å². The third-order valence-electron chi connectivity index (χ3n) is 7.33. The minimum absolute atomic E-state index is 0.0580. The van der Waals surface area contributed by atoms with Crippen molar-refractivity contribution in [1.82, 2.24) is 19.9 Å². The van der Waals surface area contributed by atoms with Gasteiger partial charge >= 0.3 is 0 Å². The fourth-order valence-electron chi connectivity index (χ4n) is 5.04. The number of nitrogens with zero attached hydrogens (tertiary/aromatic N) is 2. The van der Waals surface area contributed by atoms with Gasteiger partial charge in [0.2, 0.25) is 5.91 Å². The molecule has 4 aromatic rings. The maximum absolute atomic E-state index is 12.7. The van der Waals surface area contributed by atoms with Crippen LogP contribution >= 0.6 is 0 Å². The van der Waals surface area contributed by atoms with Crippen LogP contribution < -0.4 is 5.32 Å². The number of hydrogen-bond acceptors (Lipinski definition) is 2. The molecule has 2 aromatic heterocycles. The molecular formula is C27H28N4O. The number of H-pyrrole nitrogens is 1. The Morgan fingerprint density at radius 1 is 1.06 bits per heavy atom. The minimum Gasteiger partial charge on any atom is -0.361 e. The number of aromatic amines is 1. The molecule has 5 heteroatoms. The minimum atomic E-state index is 0.0580. The summed E-state index contributed by atoms with van der Waals surface area (Å²) in [6, 6.07) is 17.6. The van der Waals surface area contributed by atoms with Crippen molar-refractivity contribution >= 4 is 16.8 Å². The lowest BCUT2D eigenvalue weighted by molar-refractivity contribution is -0.125. The molecule has 0 bridgehead atoms. The molecule has 0 saturated heterocycles. The zero-order valence-corrected chi connectivity index (χ0v) is 18.3. The standard InChI is InChI=1S/C27H28N4O/c1-27(11-12-27)30-26(32)22-8-9-23(14-22)31-17-28-16-25(31)20-5-2-18(3-6-20)21-7-4-19-10-13-29-24(19)15-21/h2-7,10,13,15-17,22-23,29H,8-9,11-12,14H2,1H3,(H,30,32)/t22?,23-/m1/s1. The van der Waals surface area contributed by atoms with E-state index in [1.807, 2.05) is 18.7 Å². The van der Waals surface area contributed by atoms with Crippen molar-refractivity contribution in [2.75, 3.05) is 0 Å². The van der Waals surface area contributed by atoms with Gasteiger partial charge in [0, 0.05) is 29.2 Å². The van der Waals surface area contributed by atoms with Crippen LogP contribution in [0.2, 0.25) is 0 Å². The lowest BCUT2D eigenvalue weighted by Gasteiger charge is -2.18. The average molecular weight is 425 g/mol. The summed E-state index contributed by atoms with van der Waals surface area (Å²) < 4.78 is 2.27. The molecule has 2 fully saturated rings. The van der Waals surface area contributed by atoms with Gasteiger partial charge in [-0.3, -0.25) is 4.79 Å². The Bertz CT molecular complexity index is 1280. The smallest absolute Gasteiger partial charge is 0.223 e. The summed E-state index contributed by atoms with van der Waals surface area (Å²) in [4.78, 5) is 20.4. The van der Waals surface area contributed by atoms with Crippen LogP contribution in [0.1, 0.15) is 45.1 Å². The van der Waals surface area contributed by atoms with Gasteiger partial charge in [-0.05, 0) is 73.2 Å². The molecule has 1 amide bonds. The highest BCUT2D eigenvalue weighted by molar-refractivity contribution is 5.85. The van der Waals surface area contributed by atoms with Gasteiger partial charge in [0.15, 0.2) is 0 Å². The van der Waals surface area contributed by atoms with Crippen molar-refractivity contribution in [3.8, 4) is 22.4 Å². The Balaban J connectivity index is 1.20. The van der Waals surface area contributed by atoms with Crippen LogP contribution in [0.25, 0.3) is 33.3 Å². The monoisotopic (exact) mass is 424 g/mol. The molecule has 2 atom stereocenters. The Hall–Kier alpha value is -3.34. The van der Waals surface area contributed by atoms with Gasteiger partial charge in [-0.25, -0.2) is 4.98 Å². The summed E-state index contributed by atoms with van der Waals surface area (Å²) in [5, 5.41) is 4.48. The number of benzene rings is 2. The van der Waals surface area contributed by atoms with Crippen molar-refractivity contribution in [1.29, 1.82) is 0 Å². The van der Waals surface area contributed by atoms with E-state index in [1.54, 1.807) is 0 Å². The fourth-order valence-corrected chi connectivity index (χ4v) is 5.04. The van der Waals surface area contributed by atoms with Crippen LogP contribution in [0, 0.1) is 5.92 Å². The summed E-state index contributed by atoms with van der Waals surface area (Å²) in [5.41, 5.74) is 5.89. The van der Waals surface area contributed by atoms with Crippen molar-refractivity contribution in [3.05, 3.63) is 67.3 Å². The average Bonchev–Trinajstić information content (AvgIpc) is 3.28. The zero-order chi connectivity index (χ0) is 21.7. The van der Waals surface area contributed by atoms with Gasteiger partial charge in [0.05, 0.1) is 18.2 Å². The van der Waals surface area contributed by atoms with Gasteiger partial charge in [0.25, 0.3) is 0 Å². The first-order valence-electron chi connectivity index (χ1n) is 11.6. The van der Waals surface area contributed by atoms with E-state index < -0.39 is 0 Å². The second-order valence-electron chi connectivity index (χ2n) is 9.76. The van der Waals surface area contributed by atoms with Crippen LogP contribution in [0.5, 0.6) is 0 Å². The molecule has 0 radical (unpaired) electrons. The number of fused-ring (bicyclic) bond motifs is 1. The van der Waals surface area contributed by atoms with Gasteiger partial charge < -0.3 is 14.9 Å². The van der Waals surface area contributed by atoms with Crippen molar-refractivity contribution < 1.29 is 4.79 Å². The number of rotatable bonds is 5. The van der Waals surface area contributed by atoms with Crippen LogP contribution in [-0.4, -0.2) is 26.0 Å². The van der Waals surface area contributed by atoms with Gasteiger partial charge in [-0.2, -0.15) is 0 Å². The predicted octanol–water partition coefficient (Wildman–Crippen LogP) is 5.71. The highest BCUT2D eigenvalue weighted by atomic mass is 16.2. The number of aromatic nitrogens is 3. The summed E-state index contributed by atoms with van der Waals surface area (Å²) >= 11 is 0. The van der Waals surface area contributed by atoms with Crippen LogP contribution in [0.15, 0.2) is 67.3 Å². The maximum atomic E-state index is 12.7. The third kappa shape index (κ3) is 3.52. The van der Waals surface area contributed by atoms with E-state index >= 15 is 0 Å². The molecule has 0 aliphatic heterocycles. The van der Waals surface area contributed by atoms with E-state index in [9.17, 15) is 4.79 Å². The van der Waals surface area contributed by atoms with E-state index in [1.165, 1.54) is 16.5 Å². The van der Waals surface area contributed by atoms with E-state index in [0.717, 1.165) is 48.9 Å². The second kappa shape index (κ2) is 7.37. The highest BCUT2D eigenvalue weighted by Gasteiger charge is 2.41. The Labute approximate surface area is 187 Å². The molecule has 2 N–H and O–H groups in total. The number of hydrogen-bond donors (Lipinski definition) is 2. The predicted molar refractivity (Wildman–Crippen MR) is 127 cm³/mol. The Morgan fingerprint density at radius 3 is 2.66 bits per heavy atom. The van der Waals surface area contributed by atoms with Crippen LogP contribution in [0.3, 0.4) is 0 Å². The van der Waals surface area contributed by atoms with Crippen molar-refractivity contribution in [3.63, 3.8) is 0 Å². The number of imidazole rings is 1. The van der Waals surface area contributed by atoms with Gasteiger partial charge in [-0.15, -0.1) is 0 Å². The first-order valence-corrected chi connectivity index (χ1v) is 11.6. The Kier molecular flexibility index (Phi) is 4.46. The molecule has 2 saturated carbocycles. The van der Waals surface area contributed by atoms with Gasteiger partial charge in [-0.1, -0.05) is 36.4 Å². The fraction of sp³-hybridized carbons (Fsp3) is 0.333. The largest absolute Gasteiger partial charge is 0.361 e. The number of carbonyl (C=O) groups is 1. The molecule has 6 rings (SSSR count). The molecular weight excluding hydrogens is 396 g/mol. The summed E-state index contributed by atoms with van der Waals surface area (Å²) in [7, 11) is 0. The zero-order valence-electron chi connectivity index (χ0n) is 18.3. The maximum Gasteiger partial charge on any atom is 0.223 e. The van der Waals surface area contributed by atoms with E-state index in [4.69, 9.17) is 0 Å². The topological polar surface area (TPSA) is 62.7 Å². The second-order valence-corrected chi connectivity index (χ2v) is 9.76. The first kappa shape index (κ1) is 19.4. The third-order valence-corrected chi connectivity index (χ3v) is 7.33. The van der Waals surface area contributed by atoms with Crippen LogP contribution in [0.4, 0.5) is 0 Å². The molecule has 2 aromatic carbocycles. The molecule has 5 nitrogen and oxygen atoms in total. The highest BCUT2D eigenvalue weighted by Crippen LogP contribution is 2.40. The normalized spacial score (nSPS) is 21.7. The van der Waals surface area contributed by atoms with Crippen molar-refractivity contribution in [2.24, 2.45) is 5.92 Å². The molecule has 162 valence electrons. The molecule has 0 spiro atoms. The molecule has 1 unspecified atom stereocenters. The first-order chi connectivity index (χ1) is 15.6. The van der Waals surface area contributed by atoms with Gasteiger partial charge in [0.1, 0.15) is 0 Å². The SMILES string of the molecule is CC1(NC(=O)C2CC[C@@H](n3cncc3-c3ccc(-c4ccc5cc[nH]c5c4)cc3)C2)CC1. The molecule has 2 aliphatic carbocycles. The number of nitrogens with one attached hydrogen (secondary N) is 2. The molecule has 2 aliphatic rings. The lowest BCUT2D eigenvalue weighted by Crippen LogP contribution is -2.38. The van der Waals surface area contributed by atoms with E-state index in [2.05, 4.69) is 75.3 Å². The summed E-state index contributed by atoms with van der Waals surface area (Å²) in [6.45, 7) is 2.14. The quantitative estimate of drug-likeness (QED) is 0.431. The van der Waals surface area contributed by atoms with E-state index in [0.29, 0.717) is 6.04 Å². The van der Waals surface area contributed by atoms with E-state index in [-0.39, 0.29) is 17.4 Å². The lowest BCUT2D eigenvalue weighted by atomic mass is 10.0. The molecule has 2 heterocycles. The number of amides is 1. The molecule has 32 heavy (non-hydrogen) atoms. The summed E-state index contributed by atoms with van der Waals surface area (Å²) in [5.74, 6) is 0.343.